The molecule has 1 fully saturated rings. The van der Waals surface area contributed by atoms with Crippen molar-refractivity contribution in [2.45, 2.75) is 30.7 Å². The number of para-hydroxylation sites is 1. The maximum absolute atomic E-state index is 12.1. The van der Waals surface area contributed by atoms with E-state index in [9.17, 15) is 9.59 Å². The van der Waals surface area contributed by atoms with E-state index < -0.39 is 27.7 Å². The smallest absolute Gasteiger partial charge is 0.315 e. The van der Waals surface area contributed by atoms with E-state index in [1.807, 2.05) is 6.07 Å². The molecule has 0 radical (unpaired) electrons. The number of rotatable bonds is 4. The number of nitrogens with one attached hydrogen (secondary N) is 1. The van der Waals surface area contributed by atoms with Crippen LogP contribution in [-0.4, -0.2) is 22.3 Å². The fourth-order valence-corrected chi connectivity index (χ4v) is 2.58. The van der Waals surface area contributed by atoms with Crippen LogP contribution in [0.2, 0.25) is 0 Å². The van der Waals surface area contributed by atoms with Gasteiger partial charge in [0.05, 0.1) is 11.3 Å². The number of alkyl halides is 2. The van der Waals surface area contributed by atoms with E-state index in [1.54, 1.807) is 31.2 Å². The zero-order valence-corrected chi connectivity index (χ0v) is 13.5. The summed E-state index contributed by atoms with van der Waals surface area (Å²) < 4.78 is 3.97. The van der Waals surface area contributed by atoms with Gasteiger partial charge in [0.15, 0.2) is 6.10 Å². The standard InChI is InChI=1S/C15H14Cl2N2O3/c1-9(22-13(21)14(2)8-15(14,16)17)12(20)19-11-6-4-3-5-10(11)7-18/h3-6,9H,8H2,1-2H3,(H,19,20)/t9-,14+/m1/s1. The van der Waals surface area contributed by atoms with Gasteiger partial charge in [-0.15, -0.1) is 23.2 Å². The molecule has 1 N–H and O–H groups in total. The number of anilines is 1. The van der Waals surface area contributed by atoms with E-state index in [0.29, 0.717) is 11.3 Å². The number of hydrogen-bond donors (Lipinski definition) is 1. The van der Waals surface area contributed by atoms with E-state index in [0.717, 1.165) is 0 Å². The Morgan fingerprint density at radius 3 is 2.55 bits per heavy atom. The fraction of sp³-hybridized carbons (Fsp3) is 0.400. The Bertz CT molecular complexity index is 669. The lowest BCUT2D eigenvalue weighted by Gasteiger charge is -2.17. The van der Waals surface area contributed by atoms with Gasteiger partial charge >= 0.3 is 5.97 Å². The normalized spacial score (nSPS) is 23.0. The summed E-state index contributed by atoms with van der Waals surface area (Å²) in [5.41, 5.74) is -0.307. The van der Waals surface area contributed by atoms with Gasteiger partial charge in [-0.2, -0.15) is 5.26 Å². The molecule has 0 bridgehead atoms. The van der Waals surface area contributed by atoms with Crippen LogP contribution in [0.1, 0.15) is 25.8 Å². The molecule has 5 nitrogen and oxygen atoms in total. The van der Waals surface area contributed by atoms with Crippen molar-refractivity contribution in [2.75, 3.05) is 5.32 Å². The molecule has 2 atom stereocenters. The predicted molar refractivity (Wildman–Crippen MR) is 82.5 cm³/mol. The number of carbonyl (C=O) groups is 2. The molecule has 0 heterocycles. The fourth-order valence-electron chi connectivity index (χ4n) is 1.89. The topological polar surface area (TPSA) is 79.2 Å². The van der Waals surface area contributed by atoms with Crippen LogP contribution in [0.5, 0.6) is 0 Å². The Labute approximate surface area is 138 Å². The maximum atomic E-state index is 12.1. The van der Waals surface area contributed by atoms with Crippen LogP contribution in [0.4, 0.5) is 5.69 Å². The second-order valence-corrected chi connectivity index (χ2v) is 6.89. The highest BCUT2D eigenvalue weighted by Gasteiger charge is 2.69. The zero-order valence-electron chi connectivity index (χ0n) is 12.0. The number of ether oxygens (including phenoxy) is 1. The monoisotopic (exact) mass is 340 g/mol. The molecule has 116 valence electrons. The number of nitriles is 1. The summed E-state index contributed by atoms with van der Waals surface area (Å²) in [5.74, 6) is -1.15. The van der Waals surface area contributed by atoms with Gasteiger partial charge in [-0.3, -0.25) is 9.59 Å². The van der Waals surface area contributed by atoms with Gasteiger partial charge < -0.3 is 10.1 Å². The molecule has 1 saturated carbocycles. The summed E-state index contributed by atoms with van der Waals surface area (Å²) in [6, 6.07) is 8.51. The third-order valence-electron chi connectivity index (χ3n) is 3.67. The van der Waals surface area contributed by atoms with Crippen molar-refractivity contribution in [3.8, 4) is 6.07 Å². The lowest BCUT2D eigenvalue weighted by molar-refractivity contribution is -0.158. The third-order valence-corrected chi connectivity index (χ3v) is 4.77. The molecule has 7 heteroatoms. The number of halogens is 2. The Kier molecular flexibility index (Phi) is 4.37. The second kappa shape index (κ2) is 5.79. The first-order valence-electron chi connectivity index (χ1n) is 6.60. The summed E-state index contributed by atoms with van der Waals surface area (Å²) in [7, 11) is 0. The van der Waals surface area contributed by atoms with Crippen LogP contribution in [0.15, 0.2) is 24.3 Å². The molecule has 0 saturated heterocycles. The summed E-state index contributed by atoms with van der Waals surface area (Å²) in [4.78, 5) is 24.1. The number of nitrogens with zero attached hydrogens (tertiary/aromatic N) is 1. The van der Waals surface area contributed by atoms with E-state index in [2.05, 4.69) is 5.32 Å². The summed E-state index contributed by atoms with van der Waals surface area (Å²) in [5, 5.41) is 11.5. The molecule has 1 amide bonds. The second-order valence-electron chi connectivity index (χ2n) is 5.41. The molecular formula is C15H14Cl2N2O3. The molecule has 2 rings (SSSR count). The number of carbonyl (C=O) groups excluding carboxylic acids is 2. The molecule has 22 heavy (non-hydrogen) atoms. The largest absolute Gasteiger partial charge is 0.452 e. The van der Waals surface area contributed by atoms with Gasteiger partial charge in [0, 0.05) is 6.42 Å². The summed E-state index contributed by atoms with van der Waals surface area (Å²) in [6.07, 6.45) is -0.742. The lowest BCUT2D eigenvalue weighted by atomic mass is 10.1. The highest BCUT2D eigenvalue weighted by atomic mass is 35.5. The summed E-state index contributed by atoms with van der Waals surface area (Å²) >= 11 is 11.8. The quantitative estimate of drug-likeness (QED) is 0.674. The van der Waals surface area contributed by atoms with Gasteiger partial charge in [-0.05, 0) is 26.0 Å². The van der Waals surface area contributed by atoms with Crippen molar-refractivity contribution in [1.29, 1.82) is 5.26 Å². The third kappa shape index (κ3) is 3.03. The minimum atomic E-state index is -1.15. The minimum absolute atomic E-state index is 0.285. The predicted octanol–water partition coefficient (Wildman–Crippen LogP) is 3.01. The molecule has 0 aromatic heterocycles. The molecule has 0 aliphatic heterocycles. The van der Waals surface area contributed by atoms with Crippen molar-refractivity contribution in [3.63, 3.8) is 0 Å². The van der Waals surface area contributed by atoms with Gasteiger partial charge in [0.2, 0.25) is 0 Å². The van der Waals surface area contributed by atoms with Crippen LogP contribution in [0, 0.1) is 16.7 Å². The lowest BCUT2D eigenvalue weighted by Crippen LogP contribution is -2.33. The van der Waals surface area contributed by atoms with Crippen molar-refractivity contribution in [2.24, 2.45) is 5.41 Å². The zero-order chi connectivity index (χ0) is 16.5. The van der Waals surface area contributed by atoms with Crippen LogP contribution in [0.25, 0.3) is 0 Å². The Morgan fingerprint density at radius 1 is 1.41 bits per heavy atom. The van der Waals surface area contributed by atoms with Crippen LogP contribution in [0.3, 0.4) is 0 Å². The van der Waals surface area contributed by atoms with E-state index >= 15 is 0 Å². The molecule has 0 spiro atoms. The maximum Gasteiger partial charge on any atom is 0.315 e. The van der Waals surface area contributed by atoms with E-state index in [4.69, 9.17) is 33.2 Å². The van der Waals surface area contributed by atoms with Gasteiger partial charge in [0.1, 0.15) is 15.8 Å². The minimum Gasteiger partial charge on any atom is -0.452 e. The van der Waals surface area contributed by atoms with Gasteiger partial charge in [0.25, 0.3) is 5.91 Å². The van der Waals surface area contributed by atoms with Crippen LogP contribution >= 0.6 is 23.2 Å². The van der Waals surface area contributed by atoms with E-state index in [-0.39, 0.29) is 6.42 Å². The van der Waals surface area contributed by atoms with Gasteiger partial charge in [-0.1, -0.05) is 12.1 Å². The number of benzene rings is 1. The molecule has 1 aromatic rings. The Balaban J connectivity index is 1.99. The van der Waals surface area contributed by atoms with E-state index in [1.165, 1.54) is 6.92 Å². The first kappa shape index (κ1) is 16.6. The molecule has 0 unspecified atom stereocenters. The van der Waals surface area contributed by atoms with Crippen molar-refractivity contribution < 1.29 is 14.3 Å². The molecule has 1 aliphatic carbocycles. The van der Waals surface area contributed by atoms with Gasteiger partial charge in [-0.25, -0.2) is 0 Å². The number of esters is 1. The molecule has 1 aromatic carbocycles. The average molecular weight is 341 g/mol. The highest BCUT2D eigenvalue weighted by molar-refractivity contribution is 6.53. The molecule has 1 aliphatic rings. The Hall–Kier alpha value is -1.77. The average Bonchev–Trinajstić information content (AvgIpc) is 2.99. The van der Waals surface area contributed by atoms with Crippen molar-refractivity contribution >= 4 is 40.8 Å². The van der Waals surface area contributed by atoms with Crippen LogP contribution < -0.4 is 5.32 Å². The SMILES string of the molecule is C[C@@H](OC(=O)[C@]1(C)CC1(Cl)Cl)C(=O)Nc1ccccc1C#N. The first-order chi connectivity index (χ1) is 10.2. The molecular weight excluding hydrogens is 327 g/mol. The number of amides is 1. The first-order valence-corrected chi connectivity index (χ1v) is 7.36. The van der Waals surface area contributed by atoms with Crippen molar-refractivity contribution in [1.82, 2.24) is 0 Å². The van der Waals surface area contributed by atoms with Crippen LogP contribution in [-0.2, 0) is 14.3 Å². The Morgan fingerprint density at radius 2 is 2.00 bits per heavy atom. The highest BCUT2D eigenvalue weighted by Crippen LogP contribution is 2.64. The number of hydrogen-bond acceptors (Lipinski definition) is 4. The summed E-state index contributed by atoms with van der Waals surface area (Å²) in [6.45, 7) is 3.03. The van der Waals surface area contributed by atoms with Crippen molar-refractivity contribution in [3.05, 3.63) is 29.8 Å².